The van der Waals surface area contributed by atoms with E-state index >= 15 is 0 Å². The second-order valence-electron chi connectivity index (χ2n) is 11.1. The lowest BCUT2D eigenvalue weighted by molar-refractivity contribution is -0.941. The quantitative estimate of drug-likeness (QED) is 0.196. The number of aromatic nitrogens is 2. The normalized spacial score (nSPS) is 12.7. The summed E-state index contributed by atoms with van der Waals surface area (Å²) in [5.41, 5.74) is 6.96. The van der Waals surface area contributed by atoms with Crippen LogP contribution in [-0.4, -0.2) is 35.4 Å². The highest BCUT2D eigenvalue weighted by Gasteiger charge is 2.25. The van der Waals surface area contributed by atoms with Gasteiger partial charge in [0.2, 0.25) is 13.6 Å². The number of benzene rings is 4. The molecule has 0 bridgehead atoms. The highest BCUT2D eigenvalue weighted by atomic mass is 16.7. The zero-order chi connectivity index (χ0) is 31.0. The van der Waals surface area contributed by atoms with Gasteiger partial charge in [-0.05, 0) is 42.8 Å². The van der Waals surface area contributed by atoms with Gasteiger partial charge in [-0.25, -0.2) is 4.98 Å². The summed E-state index contributed by atoms with van der Waals surface area (Å²) < 4.78 is 25.1. The average Bonchev–Trinajstić information content (AvgIpc) is 3.84. The SMILES string of the molecule is CCCCn1c(-c2ccccc2)nc(-c2ccccc2)c1C[NH+](Cc1ccc2c(c1)OCO2)Cc1ccc2c(c1)OCO2.CO. The first-order valence-corrected chi connectivity index (χ1v) is 15.5. The third-order valence-corrected chi connectivity index (χ3v) is 8.09. The Hall–Kier alpha value is -4.79. The minimum absolute atomic E-state index is 0.270. The molecule has 4 aromatic carbocycles. The van der Waals surface area contributed by atoms with Crippen LogP contribution in [0.25, 0.3) is 22.6 Å². The van der Waals surface area contributed by atoms with Gasteiger partial charge in [0.15, 0.2) is 23.0 Å². The van der Waals surface area contributed by atoms with Crippen LogP contribution in [-0.2, 0) is 26.2 Å². The number of imidazole rings is 1. The first-order chi connectivity index (χ1) is 22.2. The summed E-state index contributed by atoms with van der Waals surface area (Å²) >= 11 is 0. The van der Waals surface area contributed by atoms with E-state index < -0.39 is 0 Å². The highest BCUT2D eigenvalue weighted by molar-refractivity contribution is 5.68. The number of unbranched alkanes of at least 4 members (excludes halogenated alkanes) is 1. The lowest BCUT2D eigenvalue weighted by atomic mass is 10.1. The summed E-state index contributed by atoms with van der Waals surface area (Å²) in [5, 5.41) is 7.00. The van der Waals surface area contributed by atoms with Crippen molar-refractivity contribution < 1.29 is 29.0 Å². The lowest BCUT2D eigenvalue weighted by Gasteiger charge is -2.22. The predicted octanol–water partition coefficient (Wildman–Crippen LogP) is 5.87. The summed E-state index contributed by atoms with van der Waals surface area (Å²) in [6.45, 7) is 6.09. The molecule has 0 atom stereocenters. The summed E-state index contributed by atoms with van der Waals surface area (Å²) in [4.78, 5) is 6.72. The average molecular weight is 607 g/mol. The number of hydrogen-bond donors (Lipinski definition) is 2. The number of quaternary nitrogens is 1. The van der Waals surface area contributed by atoms with Crippen LogP contribution in [0.15, 0.2) is 97.1 Å². The van der Waals surface area contributed by atoms with E-state index in [1.54, 1.807) is 0 Å². The highest BCUT2D eigenvalue weighted by Crippen LogP contribution is 2.34. The van der Waals surface area contributed by atoms with Gasteiger partial charge in [0.25, 0.3) is 0 Å². The Labute approximate surface area is 264 Å². The van der Waals surface area contributed by atoms with Crippen LogP contribution in [0, 0.1) is 0 Å². The van der Waals surface area contributed by atoms with Gasteiger partial charge >= 0.3 is 0 Å². The Kier molecular flexibility index (Phi) is 9.63. The van der Waals surface area contributed by atoms with Gasteiger partial charge in [0, 0.05) is 35.9 Å². The number of aliphatic hydroxyl groups is 1. The maximum Gasteiger partial charge on any atom is 0.231 e. The van der Waals surface area contributed by atoms with Crippen molar-refractivity contribution in [2.75, 3.05) is 20.7 Å². The number of fused-ring (bicyclic) bond motifs is 2. The fourth-order valence-electron chi connectivity index (χ4n) is 5.96. The molecule has 3 heterocycles. The fraction of sp³-hybridized carbons (Fsp3) is 0.270. The molecule has 7 rings (SSSR count). The first kappa shape index (κ1) is 30.2. The molecule has 0 unspecified atom stereocenters. The van der Waals surface area contributed by atoms with Gasteiger partial charge in [-0.2, -0.15) is 0 Å². The standard InChI is InChI=1S/C36H35N3O4.CH4O/c1-2-3-18-39-30(35(28-10-6-4-7-11-28)37-36(39)29-12-8-5-9-13-29)23-38(21-26-14-16-31-33(19-26)42-24-40-31)22-27-15-17-32-34(20-27)43-25-41-32;1-2/h4-17,19-20H,2-3,18,21-25H2,1H3;2H,1H3/p+1. The molecule has 1 aromatic heterocycles. The molecule has 0 saturated carbocycles. The number of nitrogens with zero attached hydrogens (tertiary/aromatic N) is 2. The van der Waals surface area contributed by atoms with E-state index in [9.17, 15) is 0 Å². The van der Waals surface area contributed by atoms with E-state index in [1.165, 1.54) is 21.7 Å². The van der Waals surface area contributed by atoms with Gasteiger partial charge in [0.1, 0.15) is 31.2 Å². The van der Waals surface area contributed by atoms with Gasteiger partial charge in [-0.1, -0.05) is 74.0 Å². The largest absolute Gasteiger partial charge is 0.454 e. The summed E-state index contributed by atoms with van der Waals surface area (Å²) in [5.74, 6) is 4.25. The maximum atomic E-state index is 7.00. The Morgan fingerprint density at radius 2 is 1.20 bits per heavy atom. The number of aliphatic hydroxyl groups excluding tert-OH is 1. The zero-order valence-corrected chi connectivity index (χ0v) is 25.9. The molecule has 0 aliphatic carbocycles. The second kappa shape index (κ2) is 14.3. The van der Waals surface area contributed by atoms with E-state index in [2.05, 4.69) is 96.4 Å². The van der Waals surface area contributed by atoms with Gasteiger partial charge < -0.3 is 33.5 Å². The molecule has 45 heavy (non-hydrogen) atoms. The summed E-state index contributed by atoms with van der Waals surface area (Å²) in [7, 11) is 1.00. The van der Waals surface area contributed by atoms with Gasteiger partial charge in [-0.3, -0.25) is 0 Å². The van der Waals surface area contributed by atoms with Crippen molar-refractivity contribution >= 4 is 0 Å². The van der Waals surface area contributed by atoms with Crippen molar-refractivity contribution in [3.63, 3.8) is 0 Å². The smallest absolute Gasteiger partial charge is 0.231 e. The van der Waals surface area contributed by atoms with Crippen LogP contribution in [0.1, 0.15) is 36.6 Å². The first-order valence-electron chi connectivity index (χ1n) is 15.5. The second-order valence-corrected chi connectivity index (χ2v) is 11.1. The van der Waals surface area contributed by atoms with Crippen molar-refractivity contribution in [3.05, 3.63) is 114 Å². The van der Waals surface area contributed by atoms with Crippen LogP contribution >= 0.6 is 0 Å². The van der Waals surface area contributed by atoms with Crippen molar-refractivity contribution in [2.45, 2.75) is 45.9 Å². The fourth-order valence-corrected chi connectivity index (χ4v) is 5.96. The molecule has 0 saturated heterocycles. The molecule has 0 fully saturated rings. The molecule has 2 aliphatic heterocycles. The monoisotopic (exact) mass is 606 g/mol. The summed E-state index contributed by atoms with van der Waals surface area (Å²) in [6.07, 6.45) is 2.19. The lowest BCUT2D eigenvalue weighted by Crippen LogP contribution is -3.08. The number of ether oxygens (including phenoxy) is 4. The van der Waals surface area contributed by atoms with E-state index in [1.807, 2.05) is 12.1 Å². The number of nitrogens with one attached hydrogen (secondary N) is 1. The van der Waals surface area contributed by atoms with E-state index in [4.69, 9.17) is 29.0 Å². The molecule has 5 aromatic rings. The Balaban J connectivity index is 0.00000175. The molecule has 8 heteroatoms. The molecular formula is C37H40N3O5+. The molecule has 2 N–H and O–H groups in total. The molecule has 232 valence electrons. The third kappa shape index (κ3) is 6.82. The Morgan fingerprint density at radius 1 is 0.667 bits per heavy atom. The van der Waals surface area contributed by atoms with Crippen LogP contribution in [0.4, 0.5) is 0 Å². The molecular weight excluding hydrogens is 566 g/mol. The number of hydrogen-bond acceptors (Lipinski definition) is 6. The Bertz CT molecular complexity index is 1650. The van der Waals surface area contributed by atoms with Gasteiger partial charge in [-0.15, -0.1) is 0 Å². The molecule has 8 nitrogen and oxygen atoms in total. The molecule has 0 radical (unpaired) electrons. The van der Waals surface area contributed by atoms with Crippen molar-refractivity contribution in [1.29, 1.82) is 0 Å². The Morgan fingerprint density at radius 3 is 1.76 bits per heavy atom. The van der Waals surface area contributed by atoms with E-state index in [-0.39, 0.29) is 13.6 Å². The van der Waals surface area contributed by atoms with Crippen molar-refractivity contribution in [3.8, 4) is 45.6 Å². The van der Waals surface area contributed by atoms with E-state index in [0.717, 1.165) is 91.8 Å². The summed E-state index contributed by atoms with van der Waals surface area (Å²) in [6, 6.07) is 33.7. The van der Waals surface area contributed by atoms with Crippen LogP contribution < -0.4 is 23.8 Å². The maximum absolute atomic E-state index is 7.00. The van der Waals surface area contributed by atoms with Crippen molar-refractivity contribution in [2.24, 2.45) is 0 Å². The number of rotatable bonds is 11. The third-order valence-electron chi connectivity index (χ3n) is 8.09. The van der Waals surface area contributed by atoms with Crippen molar-refractivity contribution in [1.82, 2.24) is 9.55 Å². The van der Waals surface area contributed by atoms with Crippen LogP contribution in [0.2, 0.25) is 0 Å². The van der Waals surface area contributed by atoms with Crippen LogP contribution in [0.5, 0.6) is 23.0 Å². The zero-order valence-electron chi connectivity index (χ0n) is 25.9. The topological polar surface area (TPSA) is 79.4 Å². The van der Waals surface area contributed by atoms with Gasteiger partial charge in [0.05, 0.1) is 5.69 Å². The molecule has 2 aliphatic rings. The predicted molar refractivity (Wildman–Crippen MR) is 173 cm³/mol. The molecule has 0 amide bonds. The minimum atomic E-state index is 0.270. The van der Waals surface area contributed by atoms with E-state index in [0.29, 0.717) is 0 Å². The van der Waals surface area contributed by atoms with Crippen LogP contribution in [0.3, 0.4) is 0 Å². The minimum Gasteiger partial charge on any atom is -0.454 e. The molecule has 0 spiro atoms.